The summed E-state index contributed by atoms with van der Waals surface area (Å²) in [6, 6.07) is 0. The van der Waals surface area contributed by atoms with Crippen molar-refractivity contribution < 1.29 is 28.6 Å². The fraction of sp³-hybridized carbons (Fsp3) is 0.741. The Bertz CT molecular complexity index is 1210. The number of hydrogen-bond acceptors (Lipinski definition) is 6. The quantitative estimate of drug-likeness (QED) is 0.0262. The molecule has 1 atom stereocenters. The highest BCUT2D eigenvalue weighted by Gasteiger charge is 2.19. The van der Waals surface area contributed by atoms with Gasteiger partial charge in [0.1, 0.15) is 13.2 Å². The lowest BCUT2D eigenvalue weighted by Gasteiger charge is -2.18. The minimum atomic E-state index is -0.795. The highest BCUT2D eigenvalue weighted by Crippen LogP contribution is 2.14. The third kappa shape index (κ3) is 49.9. The molecule has 0 rings (SSSR count). The molecule has 0 heterocycles. The summed E-state index contributed by atoms with van der Waals surface area (Å²) in [5.74, 6) is -0.949. The van der Waals surface area contributed by atoms with Gasteiger partial charge in [0.15, 0.2) is 6.10 Å². The summed E-state index contributed by atoms with van der Waals surface area (Å²) in [5.41, 5.74) is 0. The summed E-state index contributed by atoms with van der Waals surface area (Å²) in [6.07, 6.45) is 66.2. The Morgan fingerprint density at radius 3 is 1.05 bits per heavy atom. The summed E-state index contributed by atoms with van der Waals surface area (Å²) >= 11 is 0. The molecule has 0 aliphatic heterocycles. The Morgan fingerprint density at radius 1 is 0.328 bits per heavy atom. The van der Waals surface area contributed by atoms with E-state index in [0.29, 0.717) is 25.7 Å². The predicted molar refractivity (Wildman–Crippen MR) is 274 cm³/mol. The van der Waals surface area contributed by atoms with Gasteiger partial charge in [-0.25, -0.2) is 0 Å². The molecule has 6 heteroatoms. The van der Waals surface area contributed by atoms with E-state index in [1.165, 1.54) is 109 Å². The smallest absolute Gasteiger partial charge is 0.306 e. The van der Waals surface area contributed by atoms with Gasteiger partial charge in [-0.1, -0.05) is 209 Å². The molecule has 0 saturated carbocycles. The molecule has 1 unspecified atom stereocenters. The van der Waals surface area contributed by atoms with Crippen molar-refractivity contribution in [2.24, 2.45) is 0 Å². The van der Waals surface area contributed by atoms with Gasteiger partial charge in [0.25, 0.3) is 0 Å². The minimum absolute atomic E-state index is 0.0947. The van der Waals surface area contributed by atoms with E-state index in [1.54, 1.807) is 0 Å². The Hall–Kier alpha value is -3.15. The zero-order valence-corrected chi connectivity index (χ0v) is 42.0. The van der Waals surface area contributed by atoms with Crippen LogP contribution in [0.3, 0.4) is 0 Å². The molecule has 0 saturated heterocycles. The maximum atomic E-state index is 12.8. The van der Waals surface area contributed by atoms with E-state index in [-0.39, 0.29) is 31.1 Å². The van der Waals surface area contributed by atoms with E-state index >= 15 is 0 Å². The number of carbonyl (C=O) groups excluding carboxylic acids is 3. The van der Waals surface area contributed by atoms with Crippen LogP contribution in [0, 0.1) is 0 Å². The first-order valence-corrected chi connectivity index (χ1v) is 26.9. The van der Waals surface area contributed by atoms with Gasteiger partial charge in [0, 0.05) is 19.3 Å². The van der Waals surface area contributed by atoms with Crippen molar-refractivity contribution in [3.8, 4) is 0 Å². The van der Waals surface area contributed by atoms with Crippen molar-refractivity contribution in [1.29, 1.82) is 0 Å². The van der Waals surface area contributed by atoms with E-state index in [1.807, 2.05) is 0 Å². The zero-order chi connectivity index (χ0) is 46.5. The molecule has 0 radical (unpaired) electrons. The number of ether oxygens (including phenoxy) is 3. The molecular formula is C58H100O6. The van der Waals surface area contributed by atoms with Crippen molar-refractivity contribution in [3.05, 3.63) is 72.9 Å². The molecule has 0 spiro atoms. The van der Waals surface area contributed by atoms with Crippen LogP contribution in [0.15, 0.2) is 72.9 Å². The third-order valence-corrected chi connectivity index (χ3v) is 11.4. The van der Waals surface area contributed by atoms with Gasteiger partial charge in [-0.2, -0.15) is 0 Å². The van der Waals surface area contributed by atoms with Crippen molar-refractivity contribution >= 4 is 17.9 Å². The van der Waals surface area contributed by atoms with Crippen LogP contribution < -0.4 is 0 Å². The van der Waals surface area contributed by atoms with Crippen LogP contribution >= 0.6 is 0 Å². The Kier molecular flexibility index (Phi) is 49.9. The number of rotatable bonds is 48. The molecule has 0 amide bonds. The van der Waals surface area contributed by atoms with E-state index in [9.17, 15) is 14.4 Å². The molecule has 0 aliphatic carbocycles. The second kappa shape index (κ2) is 52.5. The summed E-state index contributed by atoms with van der Waals surface area (Å²) in [7, 11) is 0. The van der Waals surface area contributed by atoms with Crippen LogP contribution in [0.25, 0.3) is 0 Å². The van der Waals surface area contributed by atoms with Crippen LogP contribution in [-0.2, 0) is 28.6 Å². The average molecular weight is 893 g/mol. The maximum absolute atomic E-state index is 12.8. The SMILES string of the molecule is CC/C=C\C/C=C\C/C=C\C/C=C\CCCCCCCCC(=O)OCC(COC(=O)CCC/C=C\CCCCCC)OC(=O)CCCCCCC/C=C\CCCCCCCCCCC. The first kappa shape index (κ1) is 60.9. The van der Waals surface area contributed by atoms with Gasteiger partial charge in [-0.15, -0.1) is 0 Å². The molecule has 368 valence electrons. The molecule has 6 nitrogen and oxygen atoms in total. The maximum Gasteiger partial charge on any atom is 0.306 e. The monoisotopic (exact) mass is 893 g/mol. The molecule has 0 aromatic carbocycles. The number of hydrogen-bond donors (Lipinski definition) is 0. The summed E-state index contributed by atoms with van der Waals surface area (Å²) < 4.78 is 16.7. The Morgan fingerprint density at radius 2 is 0.625 bits per heavy atom. The van der Waals surface area contributed by atoms with E-state index < -0.39 is 6.10 Å². The summed E-state index contributed by atoms with van der Waals surface area (Å²) in [4.78, 5) is 37.9. The standard InChI is InChI=1S/C58H100O6/c1-4-7-10-13-16-19-21-23-25-27-29-31-32-34-36-39-42-45-48-51-57(60)63-54-55(53-62-56(59)50-47-44-41-38-18-15-12-9-6-3)64-58(61)52-49-46-43-40-37-35-33-30-28-26-24-22-20-17-14-11-8-5-2/h7,10,16,19,23,25,29-31,33,38,41,55H,4-6,8-9,11-15,17-18,20-22,24,26-28,32,34-37,39-40,42-54H2,1-3H3/b10-7-,19-16-,25-23-,31-29-,33-30-,41-38-. The lowest BCUT2D eigenvalue weighted by Crippen LogP contribution is -2.30. The van der Waals surface area contributed by atoms with Crippen molar-refractivity contribution in [3.63, 3.8) is 0 Å². The fourth-order valence-electron chi connectivity index (χ4n) is 7.37. The molecule has 0 aromatic rings. The molecule has 0 aromatic heterocycles. The van der Waals surface area contributed by atoms with Gasteiger partial charge in [-0.05, 0) is 103 Å². The fourth-order valence-corrected chi connectivity index (χ4v) is 7.37. The molecule has 64 heavy (non-hydrogen) atoms. The van der Waals surface area contributed by atoms with Gasteiger partial charge >= 0.3 is 17.9 Å². The van der Waals surface area contributed by atoms with Gasteiger partial charge < -0.3 is 14.2 Å². The summed E-state index contributed by atoms with van der Waals surface area (Å²) in [5, 5.41) is 0. The molecule has 0 aliphatic rings. The molecule has 0 fully saturated rings. The Balaban J connectivity index is 4.35. The van der Waals surface area contributed by atoms with Gasteiger partial charge in [0.05, 0.1) is 0 Å². The predicted octanol–water partition coefficient (Wildman–Crippen LogP) is 17.8. The number of unbranched alkanes of at least 4 members (excludes halogenated alkanes) is 25. The lowest BCUT2D eigenvalue weighted by molar-refractivity contribution is -0.167. The summed E-state index contributed by atoms with van der Waals surface area (Å²) in [6.45, 7) is 6.45. The third-order valence-electron chi connectivity index (χ3n) is 11.4. The normalized spacial score (nSPS) is 12.6. The number of carbonyl (C=O) groups is 3. The van der Waals surface area contributed by atoms with Crippen molar-refractivity contribution in [1.82, 2.24) is 0 Å². The van der Waals surface area contributed by atoms with Crippen LogP contribution in [0.1, 0.15) is 258 Å². The highest BCUT2D eigenvalue weighted by molar-refractivity contribution is 5.71. The zero-order valence-electron chi connectivity index (χ0n) is 42.0. The van der Waals surface area contributed by atoms with Crippen LogP contribution in [0.4, 0.5) is 0 Å². The van der Waals surface area contributed by atoms with Crippen LogP contribution in [0.2, 0.25) is 0 Å². The van der Waals surface area contributed by atoms with Crippen molar-refractivity contribution in [2.75, 3.05) is 13.2 Å². The lowest BCUT2D eigenvalue weighted by atomic mass is 10.1. The first-order chi connectivity index (χ1) is 31.5. The number of esters is 3. The minimum Gasteiger partial charge on any atom is -0.462 e. The molecule has 0 N–H and O–H groups in total. The van der Waals surface area contributed by atoms with E-state index in [2.05, 4.69) is 93.7 Å². The van der Waals surface area contributed by atoms with Gasteiger partial charge in [0.2, 0.25) is 0 Å². The Labute approximate surface area is 395 Å². The van der Waals surface area contributed by atoms with E-state index in [0.717, 1.165) is 103 Å². The van der Waals surface area contributed by atoms with Crippen LogP contribution in [-0.4, -0.2) is 37.2 Å². The number of allylic oxidation sites excluding steroid dienone is 12. The largest absolute Gasteiger partial charge is 0.462 e. The van der Waals surface area contributed by atoms with E-state index in [4.69, 9.17) is 14.2 Å². The first-order valence-electron chi connectivity index (χ1n) is 26.9. The highest BCUT2D eigenvalue weighted by atomic mass is 16.6. The molecular weight excluding hydrogens is 793 g/mol. The second-order valence-electron chi connectivity index (χ2n) is 17.7. The van der Waals surface area contributed by atoms with Gasteiger partial charge in [-0.3, -0.25) is 14.4 Å². The van der Waals surface area contributed by atoms with Crippen molar-refractivity contribution in [2.45, 2.75) is 264 Å². The second-order valence-corrected chi connectivity index (χ2v) is 17.7. The average Bonchev–Trinajstić information content (AvgIpc) is 3.29. The topological polar surface area (TPSA) is 78.9 Å². The van der Waals surface area contributed by atoms with Crippen LogP contribution in [0.5, 0.6) is 0 Å². The molecule has 0 bridgehead atoms.